The molecule has 1 aromatic heterocycles. The van der Waals surface area contributed by atoms with Crippen LogP contribution in [0.4, 0.5) is 0 Å². The van der Waals surface area contributed by atoms with Crippen molar-refractivity contribution in [1.82, 2.24) is 13.9 Å². The van der Waals surface area contributed by atoms with Crippen LogP contribution < -0.4 is 5.73 Å². The van der Waals surface area contributed by atoms with E-state index < -0.39 is 15.6 Å². The van der Waals surface area contributed by atoms with E-state index in [1.807, 2.05) is 27.7 Å². The van der Waals surface area contributed by atoms with Gasteiger partial charge in [-0.2, -0.15) is 4.31 Å². The number of rotatable bonds is 7. The molecule has 0 saturated heterocycles. The molecule has 0 radical (unpaired) electrons. The predicted octanol–water partition coefficient (Wildman–Crippen LogP) is 1.04. The predicted molar refractivity (Wildman–Crippen MR) is 75.2 cm³/mol. The molecule has 110 valence electrons. The van der Waals surface area contributed by atoms with Crippen molar-refractivity contribution in [2.75, 3.05) is 13.1 Å². The van der Waals surface area contributed by atoms with Crippen molar-refractivity contribution in [2.24, 2.45) is 5.73 Å². The number of nitrogens with two attached hydrogens (primary N) is 1. The largest absolute Gasteiger partial charge is 0.336 e. The minimum absolute atomic E-state index is 0.0873. The molecule has 0 aromatic carbocycles. The Morgan fingerprint density at radius 1 is 1.42 bits per heavy atom. The third-order valence-corrected chi connectivity index (χ3v) is 5.64. The highest BCUT2D eigenvalue weighted by molar-refractivity contribution is 7.89. The zero-order chi connectivity index (χ0) is 14.7. The molecule has 0 amide bonds. The summed E-state index contributed by atoms with van der Waals surface area (Å²) in [5, 5.41) is 0.0873. The van der Waals surface area contributed by atoms with Gasteiger partial charge in [-0.1, -0.05) is 13.8 Å². The van der Waals surface area contributed by atoms with E-state index in [1.54, 1.807) is 10.8 Å². The first-order valence-corrected chi connectivity index (χ1v) is 8.04. The zero-order valence-electron chi connectivity index (χ0n) is 12.1. The van der Waals surface area contributed by atoms with Gasteiger partial charge in [-0.15, -0.1) is 0 Å². The molecule has 0 saturated carbocycles. The summed E-state index contributed by atoms with van der Waals surface area (Å²) < 4.78 is 28.5. The second-order valence-corrected chi connectivity index (χ2v) is 6.58. The van der Waals surface area contributed by atoms with Crippen molar-refractivity contribution < 1.29 is 8.42 Å². The second kappa shape index (κ2) is 6.02. The maximum absolute atomic E-state index is 12.7. The van der Waals surface area contributed by atoms with Crippen LogP contribution >= 0.6 is 0 Å². The monoisotopic (exact) mass is 288 g/mol. The van der Waals surface area contributed by atoms with Gasteiger partial charge in [0, 0.05) is 31.4 Å². The highest BCUT2D eigenvalue weighted by atomic mass is 32.2. The molecule has 6 nitrogen and oxygen atoms in total. The fraction of sp³-hybridized carbons (Fsp3) is 0.750. The molecule has 0 bridgehead atoms. The molecule has 0 aliphatic rings. The number of likely N-dealkylation sites (N-methyl/N-ethyl adjacent to an activating group) is 1. The normalized spacial score (nSPS) is 15.7. The van der Waals surface area contributed by atoms with Crippen LogP contribution in [0, 0.1) is 0 Å². The molecule has 1 rings (SSSR count). The summed E-state index contributed by atoms with van der Waals surface area (Å²) in [6.07, 6.45) is 3.75. The lowest BCUT2D eigenvalue weighted by molar-refractivity contribution is 0.213. The van der Waals surface area contributed by atoms with Gasteiger partial charge in [-0.3, -0.25) is 0 Å². The molecule has 19 heavy (non-hydrogen) atoms. The van der Waals surface area contributed by atoms with Gasteiger partial charge in [-0.25, -0.2) is 13.4 Å². The SMILES string of the molecule is CCN(C(C)(CC)CN)S(=O)(=O)c1cn(CC)cn1. The molecule has 1 heterocycles. The lowest BCUT2D eigenvalue weighted by Crippen LogP contribution is -2.53. The molecule has 2 N–H and O–H groups in total. The number of aromatic nitrogens is 2. The van der Waals surface area contributed by atoms with Crippen molar-refractivity contribution in [3.63, 3.8) is 0 Å². The first kappa shape index (κ1) is 16.1. The molecule has 1 unspecified atom stereocenters. The minimum Gasteiger partial charge on any atom is -0.336 e. The molecule has 7 heteroatoms. The van der Waals surface area contributed by atoms with E-state index in [1.165, 1.54) is 10.6 Å². The first-order chi connectivity index (χ1) is 8.85. The third kappa shape index (κ3) is 2.98. The Kier molecular flexibility index (Phi) is 5.11. The van der Waals surface area contributed by atoms with Crippen molar-refractivity contribution >= 4 is 10.0 Å². The van der Waals surface area contributed by atoms with Gasteiger partial charge in [0.1, 0.15) is 0 Å². The fourth-order valence-electron chi connectivity index (χ4n) is 2.02. The smallest absolute Gasteiger partial charge is 0.262 e. The minimum atomic E-state index is -3.60. The zero-order valence-corrected chi connectivity index (χ0v) is 12.9. The molecule has 0 aliphatic carbocycles. The molecule has 1 aromatic rings. The molecular weight excluding hydrogens is 264 g/mol. The number of imidazole rings is 1. The van der Waals surface area contributed by atoms with Crippen molar-refractivity contribution in [1.29, 1.82) is 0 Å². The average molecular weight is 288 g/mol. The number of nitrogens with zero attached hydrogens (tertiary/aromatic N) is 3. The lowest BCUT2D eigenvalue weighted by Gasteiger charge is -2.37. The maximum Gasteiger partial charge on any atom is 0.262 e. The molecule has 0 spiro atoms. The molecule has 0 fully saturated rings. The highest BCUT2D eigenvalue weighted by Gasteiger charge is 2.38. The number of sulfonamides is 1. The summed E-state index contributed by atoms with van der Waals surface area (Å²) in [7, 11) is -3.60. The molecular formula is C12H24N4O2S. The number of hydrogen-bond acceptors (Lipinski definition) is 4. The summed E-state index contributed by atoms with van der Waals surface area (Å²) in [6, 6.07) is 0. The Hall–Kier alpha value is -0.920. The van der Waals surface area contributed by atoms with Gasteiger partial charge < -0.3 is 10.3 Å². The average Bonchev–Trinajstić information content (AvgIpc) is 2.88. The van der Waals surface area contributed by atoms with Crippen LogP contribution in [-0.2, 0) is 16.6 Å². The van der Waals surface area contributed by atoms with Crippen LogP contribution in [-0.4, -0.2) is 40.9 Å². The van der Waals surface area contributed by atoms with Crippen molar-refractivity contribution in [2.45, 2.75) is 51.2 Å². The van der Waals surface area contributed by atoms with Gasteiger partial charge >= 0.3 is 0 Å². The number of hydrogen-bond donors (Lipinski definition) is 1. The Morgan fingerprint density at radius 2 is 2.05 bits per heavy atom. The van der Waals surface area contributed by atoms with E-state index in [9.17, 15) is 8.42 Å². The fourth-order valence-corrected chi connectivity index (χ4v) is 3.82. The van der Waals surface area contributed by atoms with Crippen LogP contribution in [0.5, 0.6) is 0 Å². The molecule has 1 atom stereocenters. The van der Waals surface area contributed by atoms with E-state index >= 15 is 0 Å². The Morgan fingerprint density at radius 3 is 2.42 bits per heavy atom. The maximum atomic E-state index is 12.7. The Labute approximate surface area is 115 Å². The topological polar surface area (TPSA) is 81.2 Å². The highest BCUT2D eigenvalue weighted by Crippen LogP contribution is 2.25. The van der Waals surface area contributed by atoms with Gasteiger partial charge in [0.25, 0.3) is 10.0 Å². The van der Waals surface area contributed by atoms with Crippen LogP contribution in [0.1, 0.15) is 34.1 Å². The van der Waals surface area contributed by atoms with Crippen LogP contribution in [0.3, 0.4) is 0 Å². The standard InChI is InChI=1S/C12H24N4O2S/c1-5-12(4,9-13)16(7-3)19(17,18)11-8-15(6-2)10-14-11/h8,10H,5-7,9,13H2,1-4H3. The quantitative estimate of drug-likeness (QED) is 0.813. The van der Waals surface area contributed by atoms with Crippen molar-refractivity contribution in [3.8, 4) is 0 Å². The Balaban J connectivity index is 3.22. The van der Waals surface area contributed by atoms with Gasteiger partial charge in [0.15, 0.2) is 5.03 Å². The van der Waals surface area contributed by atoms with Crippen molar-refractivity contribution in [3.05, 3.63) is 12.5 Å². The van der Waals surface area contributed by atoms with E-state index in [-0.39, 0.29) is 11.6 Å². The van der Waals surface area contributed by atoms with Crippen LogP contribution in [0.25, 0.3) is 0 Å². The van der Waals surface area contributed by atoms with Gasteiger partial charge in [-0.05, 0) is 20.3 Å². The summed E-state index contributed by atoms with van der Waals surface area (Å²) in [5.74, 6) is 0. The summed E-state index contributed by atoms with van der Waals surface area (Å²) >= 11 is 0. The van der Waals surface area contributed by atoms with E-state index in [0.29, 0.717) is 19.5 Å². The lowest BCUT2D eigenvalue weighted by atomic mass is 9.99. The van der Waals surface area contributed by atoms with E-state index in [4.69, 9.17) is 5.73 Å². The second-order valence-electron chi connectivity index (χ2n) is 4.77. The summed E-state index contributed by atoms with van der Waals surface area (Å²) in [4.78, 5) is 4.00. The first-order valence-electron chi connectivity index (χ1n) is 6.60. The van der Waals surface area contributed by atoms with Crippen LogP contribution in [0.15, 0.2) is 17.6 Å². The van der Waals surface area contributed by atoms with E-state index in [2.05, 4.69) is 4.98 Å². The van der Waals surface area contributed by atoms with Crippen LogP contribution in [0.2, 0.25) is 0 Å². The third-order valence-electron chi connectivity index (χ3n) is 3.62. The van der Waals surface area contributed by atoms with Gasteiger partial charge in [0.2, 0.25) is 0 Å². The van der Waals surface area contributed by atoms with Gasteiger partial charge in [0.05, 0.1) is 6.33 Å². The van der Waals surface area contributed by atoms with E-state index in [0.717, 1.165) is 0 Å². The molecule has 0 aliphatic heterocycles. The number of aryl methyl sites for hydroxylation is 1. The summed E-state index contributed by atoms with van der Waals surface area (Å²) in [5.41, 5.74) is 5.19. The summed E-state index contributed by atoms with van der Waals surface area (Å²) in [6.45, 7) is 8.91. The Bertz CT molecular complexity index is 506.